The number of methoxy groups -OCH3 is 1. The summed E-state index contributed by atoms with van der Waals surface area (Å²) in [6.07, 6.45) is 1.28. The SMILES string of the molecule is CCOc1cc(-c2ncc(C(=O)O)c(NC)n2)ccc1OC. The number of benzene rings is 1. The summed E-state index contributed by atoms with van der Waals surface area (Å²) in [4.78, 5) is 19.4. The first-order valence-electron chi connectivity index (χ1n) is 6.70. The predicted octanol–water partition coefficient (Wildman–Crippen LogP) is 2.29. The van der Waals surface area contributed by atoms with Gasteiger partial charge in [-0.15, -0.1) is 0 Å². The molecule has 2 rings (SSSR count). The number of aromatic nitrogens is 2. The lowest BCUT2D eigenvalue weighted by Crippen LogP contribution is -2.07. The molecule has 1 heterocycles. The Balaban J connectivity index is 2.47. The molecule has 7 heteroatoms. The van der Waals surface area contributed by atoms with Crippen LogP contribution in [0.1, 0.15) is 17.3 Å². The highest BCUT2D eigenvalue weighted by Gasteiger charge is 2.14. The van der Waals surface area contributed by atoms with Gasteiger partial charge in [-0.3, -0.25) is 0 Å². The summed E-state index contributed by atoms with van der Waals surface area (Å²) in [6.45, 7) is 2.38. The van der Waals surface area contributed by atoms with Crippen LogP contribution in [0.25, 0.3) is 11.4 Å². The molecule has 0 aliphatic heterocycles. The molecule has 0 radical (unpaired) electrons. The minimum Gasteiger partial charge on any atom is -0.493 e. The first-order valence-corrected chi connectivity index (χ1v) is 6.70. The van der Waals surface area contributed by atoms with E-state index in [9.17, 15) is 4.79 Å². The molecule has 0 saturated carbocycles. The topological polar surface area (TPSA) is 93.6 Å². The highest BCUT2D eigenvalue weighted by atomic mass is 16.5. The van der Waals surface area contributed by atoms with Crippen LogP contribution in [0.15, 0.2) is 24.4 Å². The van der Waals surface area contributed by atoms with Crippen LogP contribution in [0.3, 0.4) is 0 Å². The van der Waals surface area contributed by atoms with E-state index in [0.717, 1.165) is 0 Å². The van der Waals surface area contributed by atoms with Gasteiger partial charge in [0.05, 0.1) is 13.7 Å². The van der Waals surface area contributed by atoms with Gasteiger partial charge in [-0.05, 0) is 25.1 Å². The monoisotopic (exact) mass is 303 g/mol. The molecule has 2 aromatic rings. The third-order valence-electron chi connectivity index (χ3n) is 2.98. The fraction of sp³-hybridized carbons (Fsp3) is 0.267. The molecule has 22 heavy (non-hydrogen) atoms. The van der Waals surface area contributed by atoms with Crippen LogP contribution < -0.4 is 14.8 Å². The number of nitrogens with zero attached hydrogens (tertiary/aromatic N) is 2. The number of carboxylic acid groups (broad SMARTS) is 1. The average Bonchev–Trinajstić information content (AvgIpc) is 2.54. The van der Waals surface area contributed by atoms with Gasteiger partial charge >= 0.3 is 5.97 Å². The van der Waals surface area contributed by atoms with E-state index in [-0.39, 0.29) is 11.4 Å². The van der Waals surface area contributed by atoms with E-state index in [1.54, 1.807) is 32.4 Å². The second kappa shape index (κ2) is 6.75. The van der Waals surface area contributed by atoms with Gasteiger partial charge in [-0.25, -0.2) is 14.8 Å². The predicted molar refractivity (Wildman–Crippen MR) is 81.7 cm³/mol. The van der Waals surface area contributed by atoms with Crippen molar-refractivity contribution in [3.05, 3.63) is 30.0 Å². The zero-order valence-corrected chi connectivity index (χ0v) is 12.6. The maximum atomic E-state index is 11.1. The van der Waals surface area contributed by atoms with Gasteiger partial charge in [0.25, 0.3) is 0 Å². The van der Waals surface area contributed by atoms with Crippen LogP contribution in [0.4, 0.5) is 5.82 Å². The quantitative estimate of drug-likeness (QED) is 0.845. The minimum absolute atomic E-state index is 0.0183. The van der Waals surface area contributed by atoms with Crippen molar-refractivity contribution in [3.8, 4) is 22.9 Å². The lowest BCUT2D eigenvalue weighted by molar-refractivity contribution is 0.0697. The summed E-state index contributed by atoms with van der Waals surface area (Å²) in [5.74, 6) is 0.769. The summed E-state index contributed by atoms with van der Waals surface area (Å²) in [6, 6.07) is 5.31. The van der Waals surface area contributed by atoms with E-state index < -0.39 is 5.97 Å². The average molecular weight is 303 g/mol. The third kappa shape index (κ3) is 3.08. The molecule has 0 aliphatic rings. The molecule has 2 N–H and O–H groups in total. The van der Waals surface area contributed by atoms with Gasteiger partial charge in [0.15, 0.2) is 17.3 Å². The molecule has 0 bridgehead atoms. The van der Waals surface area contributed by atoms with Crippen LogP contribution in [0, 0.1) is 0 Å². The molecule has 7 nitrogen and oxygen atoms in total. The van der Waals surface area contributed by atoms with Crippen molar-refractivity contribution in [2.24, 2.45) is 0 Å². The zero-order chi connectivity index (χ0) is 16.1. The molecule has 1 aromatic heterocycles. The van der Waals surface area contributed by atoms with Crippen molar-refractivity contribution in [2.75, 3.05) is 26.1 Å². The van der Waals surface area contributed by atoms with Crippen molar-refractivity contribution in [1.82, 2.24) is 9.97 Å². The smallest absolute Gasteiger partial charge is 0.341 e. The molecule has 0 fully saturated rings. The summed E-state index contributed by atoms with van der Waals surface area (Å²) in [5, 5.41) is 11.8. The Kier molecular flexibility index (Phi) is 4.77. The van der Waals surface area contributed by atoms with Crippen LogP contribution in [-0.2, 0) is 0 Å². The standard InChI is InChI=1S/C15H17N3O4/c1-4-22-12-7-9(5-6-11(12)21-3)13-17-8-10(15(19)20)14(16-2)18-13/h5-8H,4H2,1-3H3,(H,19,20)(H,16,17,18). The second-order valence-electron chi connectivity index (χ2n) is 4.31. The Hall–Kier alpha value is -2.83. The highest BCUT2D eigenvalue weighted by Crippen LogP contribution is 2.31. The molecular weight excluding hydrogens is 286 g/mol. The van der Waals surface area contributed by atoms with Gasteiger partial charge in [0.2, 0.25) is 0 Å². The first-order chi connectivity index (χ1) is 10.6. The van der Waals surface area contributed by atoms with Crippen molar-refractivity contribution >= 4 is 11.8 Å². The summed E-state index contributed by atoms with van der Waals surface area (Å²) < 4.78 is 10.7. The Bertz CT molecular complexity index is 688. The maximum absolute atomic E-state index is 11.1. The second-order valence-corrected chi connectivity index (χ2v) is 4.31. The molecule has 0 saturated heterocycles. The third-order valence-corrected chi connectivity index (χ3v) is 2.98. The van der Waals surface area contributed by atoms with Gasteiger partial charge in [0.1, 0.15) is 11.4 Å². The molecule has 0 amide bonds. The van der Waals surface area contributed by atoms with Crippen molar-refractivity contribution < 1.29 is 19.4 Å². The molecule has 0 spiro atoms. The first kappa shape index (κ1) is 15.6. The summed E-state index contributed by atoms with van der Waals surface area (Å²) in [7, 11) is 3.17. The Labute approximate surface area is 127 Å². The van der Waals surface area contributed by atoms with Crippen LogP contribution in [-0.4, -0.2) is 41.8 Å². The number of anilines is 1. The van der Waals surface area contributed by atoms with Crippen LogP contribution in [0.5, 0.6) is 11.5 Å². The van der Waals surface area contributed by atoms with Gasteiger partial charge in [-0.1, -0.05) is 0 Å². The fourth-order valence-electron chi connectivity index (χ4n) is 1.95. The molecule has 1 aromatic carbocycles. The molecule has 0 aliphatic carbocycles. The van der Waals surface area contributed by atoms with Crippen molar-refractivity contribution in [3.63, 3.8) is 0 Å². The van der Waals surface area contributed by atoms with E-state index in [0.29, 0.717) is 29.5 Å². The lowest BCUT2D eigenvalue weighted by Gasteiger charge is -2.11. The minimum atomic E-state index is -1.08. The number of nitrogens with one attached hydrogen (secondary N) is 1. The number of hydrogen-bond donors (Lipinski definition) is 2. The van der Waals surface area contributed by atoms with Crippen LogP contribution >= 0.6 is 0 Å². The number of carboxylic acids is 1. The summed E-state index contributed by atoms with van der Waals surface area (Å²) >= 11 is 0. The molecule has 0 atom stereocenters. The van der Waals surface area contributed by atoms with Gasteiger partial charge in [0, 0.05) is 18.8 Å². The fourth-order valence-corrected chi connectivity index (χ4v) is 1.95. The van der Waals surface area contributed by atoms with Gasteiger partial charge in [-0.2, -0.15) is 0 Å². The lowest BCUT2D eigenvalue weighted by atomic mass is 10.1. The Morgan fingerprint density at radius 2 is 2.14 bits per heavy atom. The number of hydrogen-bond acceptors (Lipinski definition) is 6. The number of rotatable bonds is 6. The van der Waals surface area contributed by atoms with E-state index in [2.05, 4.69) is 15.3 Å². The van der Waals surface area contributed by atoms with E-state index in [1.807, 2.05) is 6.92 Å². The normalized spacial score (nSPS) is 10.1. The Morgan fingerprint density at radius 3 is 2.73 bits per heavy atom. The van der Waals surface area contributed by atoms with Crippen LogP contribution in [0.2, 0.25) is 0 Å². The largest absolute Gasteiger partial charge is 0.493 e. The van der Waals surface area contributed by atoms with E-state index >= 15 is 0 Å². The number of carbonyl (C=O) groups is 1. The maximum Gasteiger partial charge on any atom is 0.341 e. The van der Waals surface area contributed by atoms with Crippen molar-refractivity contribution in [1.29, 1.82) is 0 Å². The zero-order valence-electron chi connectivity index (χ0n) is 12.6. The van der Waals surface area contributed by atoms with E-state index in [1.165, 1.54) is 6.20 Å². The highest BCUT2D eigenvalue weighted by molar-refractivity contribution is 5.93. The number of ether oxygens (including phenoxy) is 2. The summed E-state index contributed by atoms with van der Waals surface area (Å²) in [5.41, 5.74) is 0.725. The molecule has 116 valence electrons. The Morgan fingerprint density at radius 1 is 1.36 bits per heavy atom. The van der Waals surface area contributed by atoms with Gasteiger partial charge < -0.3 is 19.9 Å². The molecular formula is C15H17N3O4. The van der Waals surface area contributed by atoms with Crippen molar-refractivity contribution in [2.45, 2.75) is 6.92 Å². The number of aromatic carboxylic acids is 1. The van der Waals surface area contributed by atoms with E-state index in [4.69, 9.17) is 14.6 Å². The molecule has 0 unspecified atom stereocenters.